The van der Waals surface area contributed by atoms with Crippen LogP contribution in [0.15, 0.2) is 6.07 Å². The molecule has 76 valence electrons. The lowest BCUT2D eigenvalue weighted by Crippen LogP contribution is -1.89. The predicted molar refractivity (Wildman–Crippen MR) is 59.7 cm³/mol. The molecular formula is C12H13N3. The Morgan fingerprint density at radius 3 is 2.80 bits per heavy atom. The topological polar surface area (TPSA) is 52.5 Å². The number of nitriles is 1. The summed E-state index contributed by atoms with van der Waals surface area (Å²) in [5.74, 6) is 0.975. The van der Waals surface area contributed by atoms with Gasteiger partial charge in [-0.1, -0.05) is 6.92 Å². The molecule has 3 heteroatoms. The molecule has 1 heterocycles. The molecule has 0 atom stereocenters. The number of benzene rings is 1. The predicted octanol–water partition coefficient (Wildman–Crippen LogP) is 2.61. The van der Waals surface area contributed by atoms with Crippen molar-refractivity contribution in [3.63, 3.8) is 0 Å². The van der Waals surface area contributed by atoms with E-state index in [9.17, 15) is 0 Å². The number of fused-ring (bicyclic) bond motifs is 1. The first-order valence-electron chi connectivity index (χ1n) is 5.06. The Kier molecular flexibility index (Phi) is 2.20. The van der Waals surface area contributed by atoms with Gasteiger partial charge in [-0.2, -0.15) is 5.26 Å². The maximum atomic E-state index is 9.03. The Morgan fingerprint density at radius 1 is 1.47 bits per heavy atom. The van der Waals surface area contributed by atoms with Crippen LogP contribution in [0.5, 0.6) is 0 Å². The van der Waals surface area contributed by atoms with Gasteiger partial charge < -0.3 is 4.98 Å². The zero-order valence-corrected chi connectivity index (χ0v) is 9.18. The van der Waals surface area contributed by atoms with E-state index in [0.29, 0.717) is 0 Å². The molecule has 15 heavy (non-hydrogen) atoms. The van der Waals surface area contributed by atoms with E-state index in [1.54, 1.807) is 0 Å². The van der Waals surface area contributed by atoms with Crippen molar-refractivity contribution in [2.45, 2.75) is 27.2 Å². The number of nitrogens with one attached hydrogen (secondary N) is 1. The SMILES string of the molecule is CCc1nc2c(C)c(C#N)c(C)cc2[nH]1. The lowest BCUT2D eigenvalue weighted by molar-refractivity contribution is 1.000. The molecule has 0 fully saturated rings. The molecule has 2 rings (SSSR count). The first-order chi connectivity index (χ1) is 7.17. The van der Waals surface area contributed by atoms with Crippen LogP contribution in [-0.2, 0) is 6.42 Å². The standard InChI is InChI=1S/C12H13N3/c1-4-11-14-10-5-7(2)9(6-13)8(3)12(10)15-11/h5H,4H2,1-3H3,(H,14,15). The Balaban J connectivity index is 2.83. The maximum Gasteiger partial charge on any atom is 0.106 e. The highest BCUT2D eigenvalue weighted by Gasteiger charge is 2.10. The molecular weight excluding hydrogens is 186 g/mol. The second kappa shape index (κ2) is 3.39. The van der Waals surface area contributed by atoms with Crippen LogP contribution in [-0.4, -0.2) is 9.97 Å². The third-order valence-corrected chi connectivity index (χ3v) is 2.71. The van der Waals surface area contributed by atoms with Crippen molar-refractivity contribution < 1.29 is 0 Å². The number of aryl methyl sites for hydroxylation is 3. The first-order valence-corrected chi connectivity index (χ1v) is 5.06. The third-order valence-electron chi connectivity index (χ3n) is 2.71. The van der Waals surface area contributed by atoms with E-state index in [1.807, 2.05) is 19.9 Å². The van der Waals surface area contributed by atoms with Crippen LogP contribution in [0, 0.1) is 25.2 Å². The van der Waals surface area contributed by atoms with Gasteiger partial charge in [-0.15, -0.1) is 0 Å². The van der Waals surface area contributed by atoms with Gasteiger partial charge in [-0.05, 0) is 31.0 Å². The van der Waals surface area contributed by atoms with Gasteiger partial charge in [0.1, 0.15) is 5.82 Å². The van der Waals surface area contributed by atoms with Crippen molar-refractivity contribution in [2.75, 3.05) is 0 Å². The molecule has 0 spiro atoms. The monoisotopic (exact) mass is 199 g/mol. The minimum Gasteiger partial charge on any atom is -0.342 e. The Bertz CT molecular complexity index is 558. The second-order valence-corrected chi connectivity index (χ2v) is 3.74. The van der Waals surface area contributed by atoms with Crippen LogP contribution in [0.1, 0.15) is 29.4 Å². The van der Waals surface area contributed by atoms with Gasteiger partial charge in [0.25, 0.3) is 0 Å². The highest BCUT2D eigenvalue weighted by Crippen LogP contribution is 2.22. The fraction of sp³-hybridized carbons (Fsp3) is 0.333. The van der Waals surface area contributed by atoms with Gasteiger partial charge in [0.15, 0.2) is 0 Å². The Hall–Kier alpha value is -1.82. The van der Waals surface area contributed by atoms with E-state index in [4.69, 9.17) is 5.26 Å². The average Bonchev–Trinajstić information content (AvgIpc) is 2.61. The Morgan fingerprint density at radius 2 is 2.20 bits per heavy atom. The summed E-state index contributed by atoms with van der Waals surface area (Å²) < 4.78 is 0. The molecule has 3 nitrogen and oxygen atoms in total. The van der Waals surface area contributed by atoms with Gasteiger partial charge in [-0.25, -0.2) is 4.98 Å². The molecule has 0 unspecified atom stereocenters. The fourth-order valence-corrected chi connectivity index (χ4v) is 1.87. The van der Waals surface area contributed by atoms with Crippen molar-refractivity contribution in [1.82, 2.24) is 9.97 Å². The summed E-state index contributed by atoms with van der Waals surface area (Å²) in [5, 5.41) is 9.03. The van der Waals surface area contributed by atoms with Gasteiger partial charge >= 0.3 is 0 Å². The molecule has 0 bridgehead atoms. The molecule has 1 aromatic carbocycles. The number of aromatic nitrogens is 2. The van der Waals surface area contributed by atoms with Crippen molar-refractivity contribution in [3.05, 3.63) is 28.6 Å². The van der Waals surface area contributed by atoms with E-state index in [-0.39, 0.29) is 0 Å². The van der Waals surface area contributed by atoms with Crippen molar-refractivity contribution in [3.8, 4) is 6.07 Å². The zero-order valence-electron chi connectivity index (χ0n) is 9.18. The zero-order chi connectivity index (χ0) is 11.0. The lowest BCUT2D eigenvalue weighted by atomic mass is 10.0. The molecule has 0 amide bonds. The second-order valence-electron chi connectivity index (χ2n) is 3.74. The molecule has 0 saturated carbocycles. The summed E-state index contributed by atoms with van der Waals surface area (Å²) in [5.41, 5.74) is 4.68. The molecule has 0 radical (unpaired) electrons. The molecule has 0 aliphatic rings. The van der Waals surface area contributed by atoms with Crippen molar-refractivity contribution in [2.24, 2.45) is 0 Å². The summed E-state index contributed by atoms with van der Waals surface area (Å²) in [6.07, 6.45) is 0.884. The molecule has 0 aliphatic heterocycles. The van der Waals surface area contributed by atoms with Crippen LogP contribution in [0.2, 0.25) is 0 Å². The largest absolute Gasteiger partial charge is 0.342 e. The van der Waals surface area contributed by atoms with Crippen LogP contribution in [0.3, 0.4) is 0 Å². The number of rotatable bonds is 1. The number of nitrogens with zero attached hydrogens (tertiary/aromatic N) is 2. The number of imidazole rings is 1. The normalized spacial score (nSPS) is 10.5. The number of hydrogen-bond acceptors (Lipinski definition) is 2. The molecule has 0 saturated heterocycles. The number of hydrogen-bond donors (Lipinski definition) is 1. The molecule has 0 aliphatic carbocycles. The third kappa shape index (κ3) is 1.39. The summed E-state index contributed by atoms with van der Waals surface area (Å²) in [7, 11) is 0. The van der Waals surface area contributed by atoms with E-state index < -0.39 is 0 Å². The van der Waals surface area contributed by atoms with E-state index >= 15 is 0 Å². The quantitative estimate of drug-likeness (QED) is 0.767. The van der Waals surface area contributed by atoms with Gasteiger partial charge in [0, 0.05) is 6.42 Å². The van der Waals surface area contributed by atoms with Gasteiger partial charge in [0.2, 0.25) is 0 Å². The minimum atomic E-state index is 0.747. The summed E-state index contributed by atoms with van der Waals surface area (Å²) in [6, 6.07) is 4.22. The fourth-order valence-electron chi connectivity index (χ4n) is 1.87. The Labute approximate surface area is 88.8 Å². The highest BCUT2D eigenvalue weighted by atomic mass is 14.9. The summed E-state index contributed by atoms with van der Waals surface area (Å²) >= 11 is 0. The van der Waals surface area contributed by atoms with Crippen molar-refractivity contribution in [1.29, 1.82) is 5.26 Å². The number of aromatic amines is 1. The van der Waals surface area contributed by atoms with Crippen LogP contribution in [0.4, 0.5) is 0 Å². The van der Waals surface area contributed by atoms with E-state index in [1.165, 1.54) is 0 Å². The average molecular weight is 199 g/mol. The van der Waals surface area contributed by atoms with Crippen LogP contribution < -0.4 is 0 Å². The van der Waals surface area contributed by atoms with Crippen LogP contribution in [0.25, 0.3) is 11.0 Å². The summed E-state index contributed by atoms with van der Waals surface area (Å²) in [4.78, 5) is 7.73. The first kappa shape index (κ1) is 9.72. The molecule has 1 N–H and O–H groups in total. The summed E-state index contributed by atoms with van der Waals surface area (Å²) in [6.45, 7) is 5.97. The number of H-pyrrole nitrogens is 1. The molecule has 1 aromatic heterocycles. The highest BCUT2D eigenvalue weighted by molar-refractivity contribution is 5.82. The van der Waals surface area contributed by atoms with Crippen molar-refractivity contribution >= 4 is 11.0 Å². The van der Waals surface area contributed by atoms with Gasteiger partial charge in [0.05, 0.1) is 22.7 Å². The van der Waals surface area contributed by atoms with E-state index in [2.05, 4.69) is 23.0 Å². The minimum absolute atomic E-state index is 0.747. The van der Waals surface area contributed by atoms with Gasteiger partial charge in [-0.3, -0.25) is 0 Å². The maximum absolute atomic E-state index is 9.03. The molecule has 2 aromatic rings. The van der Waals surface area contributed by atoms with Crippen LogP contribution >= 0.6 is 0 Å². The smallest absolute Gasteiger partial charge is 0.106 e. The lowest BCUT2D eigenvalue weighted by Gasteiger charge is -2.01. The van der Waals surface area contributed by atoms with E-state index in [0.717, 1.165) is 40.0 Å².